The largest absolute Gasteiger partial charge is 0.507 e. The van der Waals surface area contributed by atoms with E-state index in [0.29, 0.717) is 28.7 Å². The van der Waals surface area contributed by atoms with Gasteiger partial charge in [-0.15, -0.1) is 15.3 Å². The zero-order chi connectivity index (χ0) is 23.9. The number of phenols is 1. The smallest absolute Gasteiger partial charge is 0.233 e. The number of benzene rings is 1. The molecule has 2 aliphatic heterocycles. The van der Waals surface area contributed by atoms with Crippen molar-refractivity contribution in [1.29, 1.82) is 0 Å². The van der Waals surface area contributed by atoms with Crippen molar-refractivity contribution in [2.75, 3.05) is 19.0 Å². The SMILES string of the molecule is COc1cc(-c2cc(O)c(-c3ccc(NCC4CC5(C)CCC(C)(C4)N5)nn3)c(F)c2)cnn1. The maximum Gasteiger partial charge on any atom is 0.233 e. The molecule has 0 spiro atoms. The van der Waals surface area contributed by atoms with Crippen molar-refractivity contribution in [3.05, 3.63) is 42.3 Å². The number of aromatic nitrogens is 4. The van der Waals surface area contributed by atoms with Gasteiger partial charge in [0.1, 0.15) is 17.4 Å². The van der Waals surface area contributed by atoms with Gasteiger partial charge in [-0.05, 0) is 75.3 Å². The lowest BCUT2D eigenvalue weighted by Gasteiger charge is -2.42. The summed E-state index contributed by atoms with van der Waals surface area (Å²) in [6.07, 6.45) is 6.17. The summed E-state index contributed by atoms with van der Waals surface area (Å²) in [4.78, 5) is 0. The molecule has 2 fully saturated rings. The van der Waals surface area contributed by atoms with Crippen LogP contribution >= 0.6 is 0 Å². The topological polar surface area (TPSA) is 105 Å². The lowest BCUT2D eigenvalue weighted by molar-refractivity contribution is 0.178. The highest BCUT2D eigenvalue weighted by molar-refractivity contribution is 5.75. The maximum absolute atomic E-state index is 15.0. The zero-order valence-corrected chi connectivity index (χ0v) is 19.6. The van der Waals surface area contributed by atoms with Crippen LogP contribution in [0, 0.1) is 11.7 Å². The van der Waals surface area contributed by atoms with Crippen molar-refractivity contribution in [3.63, 3.8) is 0 Å². The number of nitrogens with zero attached hydrogens (tertiary/aromatic N) is 4. The van der Waals surface area contributed by atoms with Crippen LogP contribution in [0.1, 0.15) is 39.5 Å². The van der Waals surface area contributed by atoms with E-state index < -0.39 is 5.82 Å². The lowest BCUT2D eigenvalue weighted by atomic mass is 9.80. The van der Waals surface area contributed by atoms with E-state index in [9.17, 15) is 9.50 Å². The molecule has 8 nitrogen and oxygen atoms in total. The first-order valence-electron chi connectivity index (χ1n) is 11.5. The minimum Gasteiger partial charge on any atom is -0.507 e. The van der Waals surface area contributed by atoms with Gasteiger partial charge in [-0.25, -0.2) is 4.39 Å². The summed E-state index contributed by atoms with van der Waals surface area (Å²) in [6.45, 7) is 5.44. The molecule has 34 heavy (non-hydrogen) atoms. The molecule has 4 heterocycles. The summed E-state index contributed by atoms with van der Waals surface area (Å²) in [5.41, 5.74) is 1.73. The summed E-state index contributed by atoms with van der Waals surface area (Å²) < 4.78 is 20.1. The summed E-state index contributed by atoms with van der Waals surface area (Å²) in [6, 6.07) is 7.85. The van der Waals surface area contributed by atoms with Crippen molar-refractivity contribution >= 4 is 5.82 Å². The van der Waals surface area contributed by atoms with Gasteiger partial charge in [-0.2, -0.15) is 5.10 Å². The molecule has 9 heteroatoms. The molecule has 2 saturated heterocycles. The van der Waals surface area contributed by atoms with Gasteiger partial charge in [0.2, 0.25) is 5.88 Å². The maximum atomic E-state index is 15.0. The quantitative estimate of drug-likeness (QED) is 0.499. The number of nitrogens with one attached hydrogen (secondary N) is 2. The Hall–Kier alpha value is -3.33. The zero-order valence-electron chi connectivity index (χ0n) is 19.6. The first kappa shape index (κ1) is 22.5. The van der Waals surface area contributed by atoms with Crippen LogP contribution < -0.4 is 15.4 Å². The number of methoxy groups -OCH3 is 1. The van der Waals surface area contributed by atoms with Crippen LogP contribution in [0.25, 0.3) is 22.4 Å². The molecule has 0 saturated carbocycles. The summed E-state index contributed by atoms with van der Waals surface area (Å²) in [7, 11) is 1.48. The van der Waals surface area contributed by atoms with E-state index in [1.165, 1.54) is 38.3 Å². The third-order valence-electron chi connectivity index (χ3n) is 7.05. The van der Waals surface area contributed by atoms with E-state index in [0.717, 1.165) is 19.4 Å². The number of phenolic OH excluding ortho intramolecular Hbond substituents is 1. The van der Waals surface area contributed by atoms with E-state index in [4.69, 9.17) is 4.74 Å². The number of anilines is 1. The number of fused-ring (bicyclic) bond motifs is 2. The molecule has 2 atom stereocenters. The molecule has 2 aliphatic rings. The number of aromatic hydroxyl groups is 1. The minimum absolute atomic E-state index is 0.00700. The molecule has 2 unspecified atom stereocenters. The van der Waals surface area contributed by atoms with E-state index in [1.54, 1.807) is 18.2 Å². The molecule has 3 N–H and O–H groups in total. The fraction of sp³-hybridized carbons (Fsp3) is 0.440. The van der Waals surface area contributed by atoms with Gasteiger partial charge < -0.3 is 20.5 Å². The average molecular weight is 465 g/mol. The average Bonchev–Trinajstić information content (AvgIpc) is 3.04. The van der Waals surface area contributed by atoms with Gasteiger partial charge in [0.05, 0.1) is 24.6 Å². The number of piperidine rings is 1. The first-order valence-corrected chi connectivity index (χ1v) is 11.5. The van der Waals surface area contributed by atoms with Gasteiger partial charge in [-0.1, -0.05) is 0 Å². The highest BCUT2D eigenvalue weighted by Crippen LogP contribution is 2.44. The van der Waals surface area contributed by atoms with Crippen LogP contribution in [0.4, 0.5) is 10.2 Å². The molecule has 178 valence electrons. The first-order chi connectivity index (χ1) is 16.3. The van der Waals surface area contributed by atoms with Gasteiger partial charge >= 0.3 is 0 Å². The third kappa shape index (κ3) is 4.40. The lowest BCUT2D eigenvalue weighted by Crippen LogP contribution is -2.54. The minimum atomic E-state index is -0.604. The summed E-state index contributed by atoms with van der Waals surface area (Å²) in [5, 5.41) is 33.8. The van der Waals surface area contributed by atoms with E-state index >= 15 is 0 Å². The Morgan fingerprint density at radius 1 is 1.09 bits per heavy atom. The van der Waals surface area contributed by atoms with Crippen molar-refractivity contribution in [2.45, 2.75) is 50.6 Å². The fourth-order valence-electron chi connectivity index (χ4n) is 5.63. The van der Waals surface area contributed by atoms with Crippen molar-refractivity contribution in [1.82, 2.24) is 25.7 Å². The van der Waals surface area contributed by atoms with Crippen molar-refractivity contribution in [3.8, 4) is 34.0 Å². The predicted molar refractivity (Wildman–Crippen MR) is 127 cm³/mol. The van der Waals surface area contributed by atoms with Crippen molar-refractivity contribution in [2.24, 2.45) is 5.92 Å². The van der Waals surface area contributed by atoms with Crippen LogP contribution in [0.5, 0.6) is 11.6 Å². The summed E-state index contributed by atoms with van der Waals surface area (Å²) >= 11 is 0. The van der Waals surface area contributed by atoms with E-state index in [1.807, 2.05) is 0 Å². The molecule has 1 aromatic carbocycles. The Balaban J connectivity index is 1.29. The van der Waals surface area contributed by atoms with Crippen LogP contribution in [0.15, 0.2) is 36.5 Å². The molecule has 5 rings (SSSR count). The third-order valence-corrected chi connectivity index (χ3v) is 7.05. The van der Waals surface area contributed by atoms with Crippen LogP contribution in [0.3, 0.4) is 0 Å². The Kier molecular flexibility index (Phi) is 5.59. The standard InChI is InChI=1S/C25H29FN6O2/c1-24-6-7-25(2,32-24)12-15(11-24)13-27-21-5-4-19(29-30-21)23-18(26)8-16(9-20(23)33)17-10-22(34-3)31-28-14-17/h4-5,8-10,14-15,32-33H,6-7,11-13H2,1-3H3,(H,27,30). The molecule has 0 radical (unpaired) electrons. The molecular weight excluding hydrogens is 435 g/mol. The number of ether oxygens (including phenoxy) is 1. The highest BCUT2D eigenvalue weighted by atomic mass is 19.1. The number of hydrogen-bond donors (Lipinski definition) is 3. The Morgan fingerprint density at radius 3 is 2.50 bits per heavy atom. The van der Waals surface area contributed by atoms with Crippen LogP contribution in [0.2, 0.25) is 0 Å². The van der Waals surface area contributed by atoms with Crippen LogP contribution in [-0.2, 0) is 0 Å². The predicted octanol–water partition coefficient (Wildman–Crippen LogP) is 4.18. The second-order valence-corrected chi connectivity index (χ2v) is 10.0. The highest BCUT2D eigenvalue weighted by Gasteiger charge is 2.48. The number of hydrogen-bond acceptors (Lipinski definition) is 8. The monoisotopic (exact) mass is 464 g/mol. The summed E-state index contributed by atoms with van der Waals surface area (Å²) in [5.74, 6) is 0.655. The van der Waals surface area contributed by atoms with Gasteiger partial charge in [0, 0.05) is 29.3 Å². The fourth-order valence-corrected chi connectivity index (χ4v) is 5.63. The molecule has 3 aromatic rings. The van der Waals surface area contributed by atoms with E-state index in [-0.39, 0.29) is 28.1 Å². The number of rotatable bonds is 6. The van der Waals surface area contributed by atoms with Crippen LogP contribution in [-0.4, -0.2) is 50.2 Å². The molecule has 0 amide bonds. The van der Waals surface area contributed by atoms with Crippen molar-refractivity contribution < 1.29 is 14.2 Å². The Bertz CT molecular complexity index is 1170. The second-order valence-electron chi connectivity index (χ2n) is 10.0. The van der Waals surface area contributed by atoms with E-state index in [2.05, 4.69) is 44.9 Å². The molecule has 0 aliphatic carbocycles. The van der Waals surface area contributed by atoms with Gasteiger partial charge in [-0.3, -0.25) is 0 Å². The Morgan fingerprint density at radius 2 is 1.85 bits per heavy atom. The Labute approximate surface area is 198 Å². The molecule has 2 aromatic heterocycles. The van der Waals surface area contributed by atoms with Gasteiger partial charge in [0.15, 0.2) is 0 Å². The normalized spacial score (nSPS) is 25.8. The number of halogens is 1. The van der Waals surface area contributed by atoms with Gasteiger partial charge in [0.25, 0.3) is 0 Å². The second kappa shape index (κ2) is 8.47. The molecule has 2 bridgehead atoms. The molecular formula is C25H29FN6O2.